The molecule has 4 heteroatoms. The Kier molecular flexibility index (Phi) is 5.31. The lowest BCUT2D eigenvalue weighted by atomic mass is 9.91. The first-order valence-corrected chi connectivity index (χ1v) is 9.14. The second-order valence-electron chi connectivity index (χ2n) is 7.45. The normalized spacial score (nSPS) is 19.8. The largest absolute Gasteiger partial charge is 0.345 e. The summed E-state index contributed by atoms with van der Waals surface area (Å²) in [6, 6.07) is 1.20. The lowest BCUT2D eigenvalue weighted by Crippen LogP contribution is -2.28. The molecule has 0 amide bonds. The van der Waals surface area contributed by atoms with Crippen LogP contribution in [0.2, 0.25) is 0 Å². The number of hydrogen-bond acceptors (Lipinski definition) is 4. The molecule has 1 aliphatic heterocycles. The van der Waals surface area contributed by atoms with Gasteiger partial charge in [0.2, 0.25) is 0 Å². The maximum Gasteiger partial charge on any atom is 0.186 e. The predicted molar refractivity (Wildman–Crippen MR) is 93.4 cm³/mol. The van der Waals surface area contributed by atoms with E-state index in [9.17, 15) is 0 Å². The number of nitrogens with zero attached hydrogens (tertiary/aromatic N) is 2. The highest BCUT2D eigenvalue weighted by atomic mass is 32.1. The molecule has 0 bridgehead atoms. The molecule has 3 nitrogen and oxygen atoms in total. The number of thiazole rings is 1. The fourth-order valence-electron chi connectivity index (χ4n) is 2.98. The van der Waals surface area contributed by atoms with E-state index in [2.05, 4.69) is 51.8 Å². The van der Waals surface area contributed by atoms with Crippen LogP contribution in [0, 0.1) is 0 Å². The predicted octanol–water partition coefficient (Wildman–Crippen LogP) is 4.32. The first-order chi connectivity index (χ1) is 9.82. The fourth-order valence-corrected chi connectivity index (χ4v) is 4.30. The van der Waals surface area contributed by atoms with Crippen LogP contribution >= 0.6 is 11.3 Å². The molecular weight excluding hydrogens is 278 g/mol. The molecule has 0 radical (unpaired) electrons. The number of nitrogens with one attached hydrogen (secondary N) is 1. The number of aromatic nitrogens is 1. The Morgan fingerprint density at radius 2 is 2.10 bits per heavy atom. The maximum atomic E-state index is 5.04. The molecule has 1 aliphatic rings. The average molecular weight is 310 g/mol. The van der Waals surface area contributed by atoms with E-state index in [4.69, 9.17) is 4.98 Å². The zero-order valence-corrected chi connectivity index (χ0v) is 15.3. The van der Waals surface area contributed by atoms with Crippen LogP contribution in [0.5, 0.6) is 0 Å². The number of rotatable bonds is 5. The van der Waals surface area contributed by atoms with Crippen molar-refractivity contribution in [3.05, 3.63) is 10.6 Å². The van der Waals surface area contributed by atoms with Crippen molar-refractivity contribution in [3.8, 4) is 0 Å². The standard InChI is InChI=1S/C17H31N3S/c1-7-13-9-8-10-20(13)16-19-15(17(4,5)6)14(21-16)11-18-12(2)3/h12-13,18H,7-11H2,1-6H3. The monoisotopic (exact) mass is 309 g/mol. The van der Waals surface area contributed by atoms with Gasteiger partial charge in [0.05, 0.1) is 5.69 Å². The van der Waals surface area contributed by atoms with Crippen LogP contribution in [0.25, 0.3) is 0 Å². The summed E-state index contributed by atoms with van der Waals surface area (Å²) < 4.78 is 0. The second-order valence-corrected chi connectivity index (χ2v) is 8.51. The smallest absolute Gasteiger partial charge is 0.186 e. The van der Waals surface area contributed by atoms with Gasteiger partial charge in [-0.15, -0.1) is 11.3 Å². The van der Waals surface area contributed by atoms with Gasteiger partial charge < -0.3 is 10.2 Å². The zero-order chi connectivity index (χ0) is 15.6. The molecule has 1 saturated heterocycles. The topological polar surface area (TPSA) is 28.2 Å². The molecule has 0 aromatic carbocycles. The minimum Gasteiger partial charge on any atom is -0.345 e. The third-order valence-corrected chi connectivity index (χ3v) is 5.25. The second kappa shape index (κ2) is 6.66. The molecule has 1 unspecified atom stereocenters. The van der Waals surface area contributed by atoms with E-state index in [1.165, 1.54) is 41.5 Å². The van der Waals surface area contributed by atoms with Gasteiger partial charge in [-0.3, -0.25) is 0 Å². The molecule has 1 N–H and O–H groups in total. The molecule has 1 aromatic rings. The summed E-state index contributed by atoms with van der Waals surface area (Å²) in [5, 5.41) is 4.80. The van der Waals surface area contributed by atoms with Crippen LogP contribution in [0.4, 0.5) is 5.13 Å². The highest BCUT2D eigenvalue weighted by molar-refractivity contribution is 7.15. The van der Waals surface area contributed by atoms with Crippen molar-refractivity contribution in [3.63, 3.8) is 0 Å². The summed E-state index contributed by atoms with van der Waals surface area (Å²) >= 11 is 1.90. The third kappa shape index (κ3) is 3.98. The summed E-state index contributed by atoms with van der Waals surface area (Å²) in [7, 11) is 0. The van der Waals surface area contributed by atoms with Gasteiger partial charge in [0.25, 0.3) is 0 Å². The molecule has 1 atom stereocenters. The minimum atomic E-state index is 0.115. The summed E-state index contributed by atoms with van der Waals surface area (Å²) in [4.78, 5) is 8.99. The van der Waals surface area contributed by atoms with Gasteiger partial charge >= 0.3 is 0 Å². The lowest BCUT2D eigenvalue weighted by Gasteiger charge is -2.23. The van der Waals surface area contributed by atoms with Gasteiger partial charge in [0.1, 0.15) is 0 Å². The highest BCUT2D eigenvalue weighted by Gasteiger charge is 2.29. The van der Waals surface area contributed by atoms with E-state index in [-0.39, 0.29) is 5.41 Å². The molecule has 21 heavy (non-hydrogen) atoms. The Balaban J connectivity index is 2.27. The van der Waals surface area contributed by atoms with Crippen LogP contribution in [0.15, 0.2) is 0 Å². The highest BCUT2D eigenvalue weighted by Crippen LogP contribution is 2.37. The van der Waals surface area contributed by atoms with Crippen LogP contribution in [0.1, 0.15) is 71.4 Å². The molecule has 0 aliphatic carbocycles. The van der Waals surface area contributed by atoms with E-state index in [0.29, 0.717) is 12.1 Å². The molecule has 2 heterocycles. The zero-order valence-electron chi connectivity index (χ0n) is 14.5. The Labute approximate surface area is 134 Å². The van der Waals surface area contributed by atoms with Crippen LogP contribution in [-0.4, -0.2) is 23.6 Å². The quantitative estimate of drug-likeness (QED) is 0.878. The van der Waals surface area contributed by atoms with E-state index in [1.54, 1.807) is 0 Å². The van der Waals surface area contributed by atoms with E-state index in [1.807, 2.05) is 11.3 Å². The van der Waals surface area contributed by atoms with Crippen molar-refractivity contribution < 1.29 is 0 Å². The Morgan fingerprint density at radius 1 is 1.38 bits per heavy atom. The van der Waals surface area contributed by atoms with E-state index in [0.717, 1.165) is 6.54 Å². The average Bonchev–Trinajstić information content (AvgIpc) is 3.01. The van der Waals surface area contributed by atoms with Gasteiger partial charge in [-0.1, -0.05) is 41.5 Å². The Bertz CT molecular complexity index is 459. The van der Waals surface area contributed by atoms with Gasteiger partial charge in [0, 0.05) is 35.5 Å². The summed E-state index contributed by atoms with van der Waals surface area (Å²) in [5.74, 6) is 0. The lowest BCUT2D eigenvalue weighted by molar-refractivity contribution is 0.545. The number of anilines is 1. The summed E-state index contributed by atoms with van der Waals surface area (Å²) in [6.45, 7) is 15.6. The molecule has 0 spiro atoms. The molecule has 1 aromatic heterocycles. The van der Waals surface area contributed by atoms with E-state index >= 15 is 0 Å². The van der Waals surface area contributed by atoms with Crippen LogP contribution in [0.3, 0.4) is 0 Å². The molecule has 1 fully saturated rings. The molecule has 2 rings (SSSR count). The third-order valence-electron chi connectivity index (χ3n) is 4.16. The molecule has 0 saturated carbocycles. The fraction of sp³-hybridized carbons (Fsp3) is 0.824. The first-order valence-electron chi connectivity index (χ1n) is 8.33. The van der Waals surface area contributed by atoms with Crippen molar-refractivity contribution in [2.24, 2.45) is 0 Å². The van der Waals surface area contributed by atoms with Crippen molar-refractivity contribution in [1.82, 2.24) is 10.3 Å². The summed E-state index contributed by atoms with van der Waals surface area (Å²) in [6.07, 6.45) is 3.85. The van der Waals surface area contributed by atoms with Gasteiger partial charge in [0.15, 0.2) is 5.13 Å². The number of hydrogen-bond donors (Lipinski definition) is 1. The van der Waals surface area contributed by atoms with Gasteiger partial charge in [-0.05, 0) is 19.3 Å². The van der Waals surface area contributed by atoms with Gasteiger partial charge in [-0.2, -0.15) is 0 Å². The van der Waals surface area contributed by atoms with Crippen molar-refractivity contribution >= 4 is 16.5 Å². The molecule has 120 valence electrons. The van der Waals surface area contributed by atoms with E-state index < -0.39 is 0 Å². The minimum absolute atomic E-state index is 0.115. The maximum absolute atomic E-state index is 5.04. The van der Waals surface area contributed by atoms with Crippen molar-refractivity contribution in [2.45, 2.75) is 84.8 Å². The van der Waals surface area contributed by atoms with Crippen molar-refractivity contribution in [2.75, 3.05) is 11.4 Å². The Hall–Kier alpha value is -0.610. The van der Waals surface area contributed by atoms with Gasteiger partial charge in [-0.25, -0.2) is 4.98 Å². The Morgan fingerprint density at radius 3 is 2.67 bits per heavy atom. The molecular formula is C17H31N3S. The van der Waals surface area contributed by atoms with Crippen LogP contribution < -0.4 is 10.2 Å². The summed E-state index contributed by atoms with van der Waals surface area (Å²) in [5.41, 5.74) is 1.39. The van der Waals surface area contributed by atoms with Crippen LogP contribution in [-0.2, 0) is 12.0 Å². The van der Waals surface area contributed by atoms with Crippen molar-refractivity contribution in [1.29, 1.82) is 0 Å². The SMILES string of the molecule is CCC1CCCN1c1nc(C(C)(C)C)c(CNC(C)C)s1. The first kappa shape index (κ1) is 16.8.